The van der Waals surface area contributed by atoms with E-state index < -0.39 is 0 Å². The van der Waals surface area contributed by atoms with Gasteiger partial charge in [0.2, 0.25) is 0 Å². The molecule has 1 amide bonds. The van der Waals surface area contributed by atoms with E-state index in [2.05, 4.69) is 22.0 Å². The highest BCUT2D eigenvalue weighted by Crippen LogP contribution is 2.32. The molecule has 2 fully saturated rings. The summed E-state index contributed by atoms with van der Waals surface area (Å²) < 4.78 is 1.83. The molecule has 2 saturated heterocycles. The van der Waals surface area contributed by atoms with Crippen LogP contribution in [0.4, 0.5) is 0 Å². The van der Waals surface area contributed by atoms with Gasteiger partial charge in [-0.3, -0.25) is 4.79 Å². The molecule has 0 unspecified atom stereocenters. The highest BCUT2D eigenvalue weighted by Gasteiger charge is 2.40. The van der Waals surface area contributed by atoms with E-state index in [4.69, 9.17) is 0 Å². The molecule has 0 radical (unpaired) electrons. The topological polar surface area (TPSA) is 54.3 Å². The Morgan fingerprint density at radius 1 is 1.11 bits per heavy atom. The number of para-hydroxylation sites is 1. The lowest BCUT2D eigenvalue weighted by Crippen LogP contribution is -2.32. The Morgan fingerprint density at radius 2 is 1.85 bits per heavy atom. The Hall–Kier alpha value is -2.51. The van der Waals surface area contributed by atoms with E-state index in [1.807, 2.05) is 51.5 Å². The number of fused-ring (bicyclic) bond motifs is 1. The van der Waals surface area contributed by atoms with Crippen LogP contribution in [0.2, 0.25) is 0 Å². The summed E-state index contributed by atoms with van der Waals surface area (Å²) in [5.41, 5.74) is 2.49. The number of rotatable bonds is 3. The minimum absolute atomic E-state index is 0.0602. The van der Waals surface area contributed by atoms with Gasteiger partial charge in [0.25, 0.3) is 5.91 Å². The molecule has 1 aromatic carbocycles. The van der Waals surface area contributed by atoms with Crippen LogP contribution in [0.25, 0.3) is 16.3 Å². The monoisotopic (exact) mass is 379 g/mol. The first-order valence-electron chi connectivity index (χ1n) is 9.21. The van der Waals surface area contributed by atoms with Gasteiger partial charge in [-0.2, -0.15) is 5.10 Å². The number of hydrogen-bond acceptors (Lipinski definition) is 5. The van der Waals surface area contributed by atoms with Gasteiger partial charge in [-0.25, -0.2) is 9.67 Å². The molecule has 0 aliphatic carbocycles. The van der Waals surface area contributed by atoms with E-state index in [1.165, 1.54) is 11.3 Å². The zero-order valence-corrected chi connectivity index (χ0v) is 16.0. The lowest BCUT2D eigenvalue weighted by molar-refractivity contribution is 0.0771. The van der Waals surface area contributed by atoms with Gasteiger partial charge < -0.3 is 9.80 Å². The van der Waals surface area contributed by atoms with Crippen molar-refractivity contribution in [3.05, 3.63) is 53.8 Å². The summed E-state index contributed by atoms with van der Waals surface area (Å²) in [7, 11) is 2.16. The first-order chi connectivity index (χ1) is 13.2. The Morgan fingerprint density at radius 3 is 2.59 bits per heavy atom. The predicted molar refractivity (Wildman–Crippen MR) is 105 cm³/mol. The zero-order valence-electron chi connectivity index (χ0n) is 15.2. The molecule has 6 nitrogen and oxygen atoms in total. The number of thiazole rings is 1. The molecule has 7 heteroatoms. The van der Waals surface area contributed by atoms with E-state index in [0.29, 0.717) is 17.5 Å². The van der Waals surface area contributed by atoms with Gasteiger partial charge in [-0.15, -0.1) is 11.3 Å². The van der Waals surface area contributed by atoms with Crippen LogP contribution in [0.3, 0.4) is 0 Å². The summed E-state index contributed by atoms with van der Waals surface area (Å²) in [6.45, 7) is 3.89. The zero-order chi connectivity index (χ0) is 18.4. The second-order valence-corrected chi connectivity index (χ2v) is 8.36. The van der Waals surface area contributed by atoms with Crippen molar-refractivity contribution in [2.75, 3.05) is 33.2 Å². The van der Waals surface area contributed by atoms with Crippen LogP contribution < -0.4 is 0 Å². The lowest BCUT2D eigenvalue weighted by Gasteiger charge is -2.18. The van der Waals surface area contributed by atoms with Crippen LogP contribution in [0.15, 0.2) is 48.1 Å². The van der Waals surface area contributed by atoms with E-state index in [9.17, 15) is 4.79 Å². The molecule has 5 rings (SSSR count). The normalized spacial score (nSPS) is 22.3. The molecule has 138 valence electrons. The number of aromatic nitrogens is 3. The second kappa shape index (κ2) is 6.58. The predicted octanol–water partition coefficient (Wildman–Crippen LogP) is 2.63. The molecular weight excluding hydrogens is 358 g/mol. The van der Waals surface area contributed by atoms with Crippen molar-refractivity contribution in [3.63, 3.8) is 0 Å². The maximum Gasteiger partial charge on any atom is 0.273 e. The molecule has 0 bridgehead atoms. The number of hydrogen-bond donors (Lipinski definition) is 0. The Kier molecular flexibility index (Phi) is 4.06. The van der Waals surface area contributed by atoms with Gasteiger partial charge in [-0.05, 0) is 31.0 Å². The third kappa shape index (κ3) is 3.07. The average Bonchev–Trinajstić information content (AvgIpc) is 3.44. The smallest absolute Gasteiger partial charge is 0.273 e. The van der Waals surface area contributed by atoms with Crippen molar-refractivity contribution in [1.29, 1.82) is 0 Å². The molecule has 27 heavy (non-hydrogen) atoms. The van der Waals surface area contributed by atoms with Gasteiger partial charge >= 0.3 is 0 Å². The van der Waals surface area contributed by atoms with Gasteiger partial charge in [0.1, 0.15) is 10.7 Å². The van der Waals surface area contributed by atoms with Gasteiger partial charge in [-0.1, -0.05) is 18.2 Å². The largest absolute Gasteiger partial charge is 0.337 e. The summed E-state index contributed by atoms with van der Waals surface area (Å²) in [6.07, 6.45) is 3.76. The van der Waals surface area contributed by atoms with Crippen molar-refractivity contribution in [2.45, 2.75) is 0 Å². The summed E-state index contributed by atoms with van der Waals surface area (Å²) >= 11 is 1.50. The summed E-state index contributed by atoms with van der Waals surface area (Å²) in [5.74, 6) is 1.28. The van der Waals surface area contributed by atoms with Crippen molar-refractivity contribution < 1.29 is 4.79 Å². The Balaban J connectivity index is 1.32. The number of benzene rings is 1. The third-order valence-corrected chi connectivity index (χ3v) is 6.42. The van der Waals surface area contributed by atoms with Crippen molar-refractivity contribution in [1.82, 2.24) is 24.6 Å². The quantitative estimate of drug-likeness (QED) is 0.702. The van der Waals surface area contributed by atoms with E-state index >= 15 is 0 Å². The molecule has 0 spiro atoms. The van der Waals surface area contributed by atoms with Crippen LogP contribution in [0.1, 0.15) is 10.5 Å². The Labute approximate surface area is 162 Å². The Bertz CT molecular complexity index is 952. The number of carbonyl (C=O) groups is 1. The fourth-order valence-corrected chi connectivity index (χ4v) is 4.98. The fourth-order valence-electron chi connectivity index (χ4n) is 4.22. The molecule has 3 aromatic rings. The van der Waals surface area contributed by atoms with E-state index in [0.717, 1.165) is 42.4 Å². The van der Waals surface area contributed by atoms with Crippen LogP contribution in [0.5, 0.6) is 0 Å². The average molecular weight is 379 g/mol. The molecular formula is C20H21N5OS. The van der Waals surface area contributed by atoms with Crippen molar-refractivity contribution >= 4 is 17.2 Å². The summed E-state index contributed by atoms with van der Waals surface area (Å²) in [6, 6.07) is 9.97. The number of nitrogens with zero attached hydrogens (tertiary/aromatic N) is 5. The molecule has 2 aromatic heterocycles. The highest BCUT2D eigenvalue weighted by atomic mass is 32.1. The summed E-state index contributed by atoms with van der Waals surface area (Å²) in [4.78, 5) is 21.8. The standard InChI is InChI=1S/C20H21N5OS/c1-23-8-15-10-24(11-16(15)9-23)20(26)18-13-27-19(22-18)14-7-21-25(12-14)17-5-3-2-4-6-17/h2-7,12-13,15-16H,8-11H2,1H3/t15-,16+. The van der Waals surface area contributed by atoms with Gasteiger partial charge in [0.05, 0.1) is 11.9 Å². The van der Waals surface area contributed by atoms with Crippen LogP contribution in [-0.2, 0) is 0 Å². The number of amides is 1. The highest BCUT2D eigenvalue weighted by molar-refractivity contribution is 7.13. The number of carbonyl (C=O) groups excluding carboxylic acids is 1. The SMILES string of the molecule is CN1C[C@@H]2CN(C(=O)c3csc(-c4cnn(-c5ccccc5)c4)n3)C[C@@H]2C1. The van der Waals surface area contributed by atoms with E-state index in [-0.39, 0.29) is 5.91 Å². The van der Waals surface area contributed by atoms with E-state index in [1.54, 1.807) is 6.20 Å². The van der Waals surface area contributed by atoms with Crippen LogP contribution in [0, 0.1) is 11.8 Å². The molecule has 2 aliphatic heterocycles. The molecule has 4 heterocycles. The first kappa shape index (κ1) is 16.6. The maximum atomic E-state index is 12.9. The van der Waals surface area contributed by atoms with Gasteiger partial charge in [0, 0.05) is 43.3 Å². The molecule has 2 atom stereocenters. The first-order valence-corrected chi connectivity index (χ1v) is 10.1. The van der Waals surface area contributed by atoms with Crippen LogP contribution in [-0.4, -0.2) is 63.7 Å². The van der Waals surface area contributed by atoms with Crippen molar-refractivity contribution in [2.24, 2.45) is 11.8 Å². The maximum absolute atomic E-state index is 12.9. The third-order valence-electron chi connectivity index (χ3n) is 5.53. The summed E-state index contributed by atoms with van der Waals surface area (Å²) in [5, 5.41) is 7.13. The second-order valence-electron chi connectivity index (χ2n) is 7.50. The molecule has 0 saturated carbocycles. The minimum atomic E-state index is 0.0602. The number of likely N-dealkylation sites (tertiary alicyclic amines) is 2. The lowest BCUT2D eigenvalue weighted by atomic mass is 10.0. The molecule has 2 aliphatic rings. The fraction of sp³-hybridized carbons (Fsp3) is 0.350. The molecule has 0 N–H and O–H groups in total. The van der Waals surface area contributed by atoms with Crippen LogP contribution >= 0.6 is 11.3 Å². The van der Waals surface area contributed by atoms with Crippen molar-refractivity contribution in [3.8, 4) is 16.3 Å². The van der Waals surface area contributed by atoms with Gasteiger partial charge in [0.15, 0.2) is 0 Å². The minimum Gasteiger partial charge on any atom is -0.337 e.